The molecule has 17 heavy (non-hydrogen) atoms. The molecule has 1 aromatic heterocycles. The summed E-state index contributed by atoms with van der Waals surface area (Å²) >= 11 is 0. The third-order valence-electron chi connectivity index (χ3n) is 2.31. The summed E-state index contributed by atoms with van der Waals surface area (Å²) in [6.07, 6.45) is 1.54. The van der Waals surface area contributed by atoms with E-state index in [9.17, 15) is 4.39 Å². The van der Waals surface area contributed by atoms with Crippen molar-refractivity contribution in [2.45, 2.75) is 13.2 Å². The minimum absolute atomic E-state index is 0.109. The largest absolute Gasteiger partial charge is 0.471 e. The molecule has 0 bridgehead atoms. The van der Waals surface area contributed by atoms with Crippen LogP contribution in [0.15, 0.2) is 36.5 Å². The first-order valence-electron chi connectivity index (χ1n) is 5.18. The van der Waals surface area contributed by atoms with Gasteiger partial charge in [-0.2, -0.15) is 5.10 Å². The molecule has 2 aromatic rings. The molecule has 0 aliphatic carbocycles. The van der Waals surface area contributed by atoms with Crippen molar-refractivity contribution in [3.05, 3.63) is 53.5 Å². The molecule has 2 N–H and O–H groups in total. The predicted octanol–water partition coefficient (Wildman–Crippen LogP) is 1.65. The Hall–Kier alpha value is -2.01. The average Bonchev–Trinajstić information content (AvgIpc) is 2.38. The first-order chi connectivity index (χ1) is 8.31. The van der Waals surface area contributed by atoms with Crippen LogP contribution in [-0.4, -0.2) is 10.2 Å². The first-order valence-corrected chi connectivity index (χ1v) is 5.18. The molecule has 0 amide bonds. The third-order valence-corrected chi connectivity index (χ3v) is 2.31. The molecule has 0 radical (unpaired) electrons. The minimum Gasteiger partial charge on any atom is -0.471 e. The molecule has 0 atom stereocenters. The van der Waals surface area contributed by atoms with E-state index in [-0.39, 0.29) is 12.4 Å². The summed E-state index contributed by atoms with van der Waals surface area (Å²) in [5.41, 5.74) is 6.75. The van der Waals surface area contributed by atoms with E-state index in [0.717, 1.165) is 5.56 Å². The summed E-state index contributed by atoms with van der Waals surface area (Å²) in [4.78, 5) is 0. The van der Waals surface area contributed by atoms with Gasteiger partial charge in [-0.15, -0.1) is 5.10 Å². The van der Waals surface area contributed by atoms with Crippen molar-refractivity contribution in [2.24, 2.45) is 5.73 Å². The number of rotatable bonds is 4. The Labute approximate surface area is 98.2 Å². The third kappa shape index (κ3) is 2.76. The highest BCUT2D eigenvalue weighted by Gasteiger charge is 2.06. The molecule has 0 saturated carbocycles. The summed E-state index contributed by atoms with van der Waals surface area (Å²) < 4.78 is 18.7. The Morgan fingerprint density at radius 3 is 2.76 bits per heavy atom. The van der Waals surface area contributed by atoms with Gasteiger partial charge < -0.3 is 10.5 Å². The molecule has 0 aliphatic rings. The number of aromatic nitrogens is 2. The van der Waals surface area contributed by atoms with Gasteiger partial charge in [0, 0.05) is 17.7 Å². The summed E-state index contributed by atoms with van der Waals surface area (Å²) in [7, 11) is 0. The number of halogens is 1. The smallest absolute Gasteiger partial charge is 0.238 e. The maximum Gasteiger partial charge on any atom is 0.238 e. The lowest BCUT2D eigenvalue weighted by Gasteiger charge is -2.08. The Morgan fingerprint density at radius 1 is 1.18 bits per heavy atom. The van der Waals surface area contributed by atoms with E-state index in [1.165, 1.54) is 12.3 Å². The van der Waals surface area contributed by atoms with Gasteiger partial charge in [0.25, 0.3) is 0 Å². The van der Waals surface area contributed by atoms with Crippen molar-refractivity contribution < 1.29 is 9.13 Å². The van der Waals surface area contributed by atoms with Crippen molar-refractivity contribution in [2.75, 3.05) is 0 Å². The molecule has 2 rings (SSSR count). The summed E-state index contributed by atoms with van der Waals surface area (Å²) in [5.74, 6) is 0.0453. The molecule has 1 heterocycles. The zero-order chi connectivity index (χ0) is 12.1. The maximum atomic E-state index is 13.3. The fourth-order valence-corrected chi connectivity index (χ4v) is 1.38. The Morgan fingerprint density at radius 2 is 2.00 bits per heavy atom. The van der Waals surface area contributed by atoms with Gasteiger partial charge in [-0.3, -0.25) is 0 Å². The lowest BCUT2D eigenvalue weighted by Crippen LogP contribution is -2.06. The van der Waals surface area contributed by atoms with Crippen LogP contribution in [0.4, 0.5) is 4.39 Å². The number of nitrogens with two attached hydrogens (primary N) is 1. The van der Waals surface area contributed by atoms with Gasteiger partial charge in [0.1, 0.15) is 12.4 Å². The lowest BCUT2D eigenvalue weighted by atomic mass is 10.2. The Balaban J connectivity index is 2.10. The Kier molecular flexibility index (Phi) is 3.62. The highest BCUT2D eigenvalue weighted by molar-refractivity contribution is 5.24. The number of nitrogens with zero attached hydrogens (tertiary/aromatic N) is 2. The first kappa shape index (κ1) is 11.5. The zero-order valence-corrected chi connectivity index (χ0v) is 9.14. The highest BCUT2D eigenvalue weighted by Crippen LogP contribution is 2.15. The second-order valence-corrected chi connectivity index (χ2v) is 3.45. The fourth-order valence-electron chi connectivity index (χ4n) is 1.38. The summed E-state index contributed by atoms with van der Waals surface area (Å²) in [6.45, 7) is 0.417. The van der Waals surface area contributed by atoms with E-state index in [0.29, 0.717) is 18.0 Å². The molecule has 4 nitrogen and oxygen atoms in total. The molecular formula is C12H12FN3O. The minimum atomic E-state index is -0.300. The standard InChI is InChI=1S/C12H12FN3O/c13-11-4-2-1-3-10(11)8-17-12-9(7-14)5-6-15-16-12/h1-6H,7-8,14H2. The molecule has 5 heteroatoms. The highest BCUT2D eigenvalue weighted by atomic mass is 19.1. The molecule has 88 valence electrons. The normalized spacial score (nSPS) is 10.2. The summed E-state index contributed by atoms with van der Waals surface area (Å²) in [6, 6.07) is 8.16. The van der Waals surface area contributed by atoms with Crippen molar-refractivity contribution in [1.29, 1.82) is 0 Å². The lowest BCUT2D eigenvalue weighted by molar-refractivity contribution is 0.281. The van der Waals surface area contributed by atoms with E-state index in [1.807, 2.05) is 0 Å². The van der Waals surface area contributed by atoms with Crippen LogP contribution in [0.5, 0.6) is 5.88 Å². The van der Waals surface area contributed by atoms with Crippen LogP contribution in [0.1, 0.15) is 11.1 Å². The summed E-state index contributed by atoms with van der Waals surface area (Å²) in [5, 5.41) is 7.52. The van der Waals surface area contributed by atoms with Crippen LogP contribution in [-0.2, 0) is 13.2 Å². The predicted molar refractivity (Wildman–Crippen MR) is 60.7 cm³/mol. The number of ether oxygens (including phenoxy) is 1. The molecule has 0 spiro atoms. The van der Waals surface area contributed by atoms with Gasteiger partial charge in [-0.25, -0.2) is 4.39 Å². The fraction of sp³-hybridized carbons (Fsp3) is 0.167. The van der Waals surface area contributed by atoms with E-state index in [2.05, 4.69) is 10.2 Å². The number of benzene rings is 1. The number of hydrogen-bond donors (Lipinski definition) is 1. The second kappa shape index (κ2) is 5.36. The Bertz CT molecular complexity index is 505. The van der Waals surface area contributed by atoms with Crippen molar-refractivity contribution >= 4 is 0 Å². The van der Waals surface area contributed by atoms with E-state index < -0.39 is 0 Å². The van der Waals surface area contributed by atoms with Crippen LogP contribution < -0.4 is 10.5 Å². The van der Waals surface area contributed by atoms with Crippen molar-refractivity contribution in [3.63, 3.8) is 0 Å². The van der Waals surface area contributed by atoms with Gasteiger partial charge in [0.05, 0.1) is 6.20 Å². The van der Waals surface area contributed by atoms with Crippen LogP contribution in [0, 0.1) is 5.82 Å². The van der Waals surface area contributed by atoms with Gasteiger partial charge in [0.2, 0.25) is 5.88 Å². The molecule has 1 aromatic carbocycles. The van der Waals surface area contributed by atoms with Crippen molar-refractivity contribution in [3.8, 4) is 5.88 Å². The van der Waals surface area contributed by atoms with Crippen LogP contribution >= 0.6 is 0 Å². The second-order valence-electron chi connectivity index (χ2n) is 3.45. The van der Waals surface area contributed by atoms with Gasteiger partial charge in [0.15, 0.2) is 0 Å². The average molecular weight is 233 g/mol. The topological polar surface area (TPSA) is 61.0 Å². The van der Waals surface area contributed by atoms with E-state index in [4.69, 9.17) is 10.5 Å². The molecule has 0 aliphatic heterocycles. The molecular weight excluding hydrogens is 221 g/mol. The van der Waals surface area contributed by atoms with E-state index >= 15 is 0 Å². The van der Waals surface area contributed by atoms with Crippen LogP contribution in [0.2, 0.25) is 0 Å². The zero-order valence-electron chi connectivity index (χ0n) is 9.14. The molecule has 0 unspecified atom stereocenters. The SMILES string of the molecule is NCc1ccnnc1OCc1ccccc1F. The van der Waals surface area contributed by atoms with Gasteiger partial charge in [-0.1, -0.05) is 18.2 Å². The van der Waals surface area contributed by atoms with Crippen molar-refractivity contribution in [1.82, 2.24) is 10.2 Å². The molecule has 0 saturated heterocycles. The monoisotopic (exact) mass is 233 g/mol. The quantitative estimate of drug-likeness (QED) is 0.872. The van der Waals surface area contributed by atoms with Gasteiger partial charge in [-0.05, 0) is 12.1 Å². The maximum absolute atomic E-state index is 13.3. The van der Waals surface area contributed by atoms with E-state index in [1.54, 1.807) is 24.3 Å². The van der Waals surface area contributed by atoms with Crippen LogP contribution in [0.25, 0.3) is 0 Å². The molecule has 0 fully saturated rings. The van der Waals surface area contributed by atoms with Crippen LogP contribution in [0.3, 0.4) is 0 Å². The number of hydrogen-bond acceptors (Lipinski definition) is 4. The van der Waals surface area contributed by atoms with Gasteiger partial charge >= 0.3 is 0 Å².